The Balaban J connectivity index is 3.14. The molecule has 0 saturated heterocycles. The summed E-state index contributed by atoms with van der Waals surface area (Å²) in [7, 11) is -3.41. The minimum absolute atomic E-state index is 0.113. The lowest BCUT2D eigenvalue weighted by Crippen LogP contribution is -2.07. The Bertz CT molecular complexity index is 320. The molecule has 0 unspecified atom stereocenters. The Morgan fingerprint density at radius 1 is 1.55 bits per heavy atom. The Labute approximate surface area is 65.0 Å². The van der Waals surface area contributed by atoms with Gasteiger partial charge in [-0.05, 0) is 12.1 Å². The van der Waals surface area contributed by atoms with Gasteiger partial charge in [-0.1, -0.05) is 0 Å². The third-order valence-electron chi connectivity index (χ3n) is 1.14. The summed E-state index contributed by atoms with van der Waals surface area (Å²) in [5, 5.41) is 0. The largest absolute Gasteiger partial charge is 0.313 e. The molecule has 5 heteroatoms. The van der Waals surface area contributed by atoms with Crippen molar-refractivity contribution in [1.29, 1.82) is 0 Å². The average Bonchev–Trinajstić information content (AvgIpc) is 2.06. The number of hydrogen-bond donors (Lipinski definition) is 1. The molecular formula is C6H7N2O2S. The molecule has 0 amide bonds. The monoisotopic (exact) mass is 171 g/mol. The molecule has 0 spiro atoms. The predicted molar refractivity (Wildman–Crippen MR) is 39.9 cm³/mol. The SMILES string of the molecule is N[CH]S(=O)(=O)c1cccnc1. The molecule has 59 valence electrons. The van der Waals surface area contributed by atoms with Gasteiger partial charge in [0.25, 0.3) is 0 Å². The van der Waals surface area contributed by atoms with Gasteiger partial charge in [-0.15, -0.1) is 0 Å². The quantitative estimate of drug-likeness (QED) is 0.676. The number of nitrogens with zero attached hydrogens (tertiary/aromatic N) is 1. The van der Waals surface area contributed by atoms with Crippen LogP contribution in [0.5, 0.6) is 0 Å². The standard InChI is InChI=1S/C6H7N2O2S/c7-5-11(9,10)6-2-1-3-8-4-6/h1-5H,7H2. The molecule has 4 nitrogen and oxygen atoms in total. The third kappa shape index (κ3) is 1.75. The van der Waals surface area contributed by atoms with Crippen LogP contribution in [-0.2, 0) is 9.84 Å². The number of rotatable bonds is 2. The van der Waals surface area contributed by atoms with Crippen molar-refractivity contribution in [2.45, 2.75) is 4.90 Å². The van der Waals surface area contributed by atoms with Crippen LogP contribution in [0, 0.1) is 5.88 Å². The highest BCUT2D eigenvalue weighted by Crippen LogP contribution is 2.07. The first-order chi connectivity index (χ1) is 5.17. The van der Waals surface area contributed by atoms with Crippen molar-refractivity contribution in [2.24, 2.45) is 5.73 Å². The normalized spacial score (nSPS) is 11.4. The van der Waals surface area contributed by atoms with Gasteiger partial charge in [0.2, 0.25) is 0 Å². The molecule has 2 N–H and O–H groups in total. The Morgan fingerprint density at radius 3 is 2.73 bits per heavy atom. The van der Waals surface area contributed by atoms with Crippen LogP contribution in [0.15, 0.2) is 29.4 Å². The third-order valence-corrected chi connectivity index (χ3v) is 2.40. The van der Waals surface area contributed by atoms with Gasteiger partial charge in [0.1, 0.15) is 5.88 Å². The molecule has 1 rings (SSSR count). The summed E-state index contributed by atoms with van der Waals surface area (Å²) in [5.41, 5.74) is 4.90. The van der Waals surface area contributed by atoms with Gasteiger partial charge in [0.15, 0.2) is 9.84 Å². The second-order valence-corrected chi connectivity index (χ2v) is 3.70. The minimum atomic E-state index is -3.41. The summed E-state index contributed by atoms with van der Waals surface area (Å²) in [4.78, 5) is 3.76. The maximum absolute atomic E-state index is 11.0. The number of sulfone groups is 1. The summed E-state index contributed by atoms with van der Waals surface area (Å²) < 4.78 is 22.0. The van der Waals surface area contributed by atoms with Crippen molar-refractivity contribution in [3.8, 4) is 0 Å². The van der Waals surface area contributed by atoms with Crippen LogP contribution < -0.4 is 5.73 Å². The maximum Gasteiger partial charge on any atom is 0.198 e. The molecule has 1 aromatic heterocycles. The predicted octanol–water partition coefficient (Wildman–Crippen LogP) is -0.0667. The molecule has 11 heavy (non-hydrogen) atoms. The fourth-order valence-electron chi connectivity index (χ4n) is 0.594. The zero-order valence-electron chi connectivity index (χ0n) is 5.64. The van der Waals surface area contributed by atoms with Crippen molar-refractivity contribution in [2.75, 3.05) is 0 Å². The topological polar surface area (TPSA) is 73.1 Å². The van der Waals surface area contributed by atoms with Crippen molar-refractivity contribution in [1.82, 2.24) is 4.98 Å². The van der Waals surface area contributed by atoms with E-state index in [0.717, 1.165) is 0 Å². The molecular weight excluding hydrogens is 164 g/mol. The molecule has 0 aromatic carbocycles. The van der Waals surface area contributed by atoms with E-state index in [9.17, 15) is 8.42 Å². The number of pyridine rings is 1. The zero-order valence-corrected chi connectivity index (χ0v) is 6.45. The smallest absolute Gasteiger partial charge is 0.198 e. The van der Waals surface area contributed by atoms with E-state index in [4.69, 9.17) is 5.73 Å². The summed E-state index contributed by atoms with van der Waals surface area (Å²) in [5.74, 6) is 0.657. The number of aromatic nitrogens is 1. The van der Waals surface area contributed by atoms with E-state index in [2.05, 4.69) is 4.98 Å². The lowest BCUT2D eigenvalue weighted by molar-refractivity contribution is 0.600. The average molecular weight is 171 g/mol. The summed E-state index contributed by atoms with van der Waals surface area (Å²) in [6.45, 7) is 0. The second kappa shape index (κ2) is 2.98. The molecule has 0 aliphatic carbocycles. The van der Waals surface area contributed by atoms with Crippen LogP contribution >= 0.6 is 0 Å². The van der Waals surface area contributed by atoms with Crippen molar-refractivity contribution < 1.29 is 8.42 Å². The van der Waals surface area contributed by atoms with Gasteiger partial charge < -0.3 is 5.73 Å². The molecule has 0 aliphatic heterocycles. The van der Waals surface area contributed by atoms with Gasteiger partial charge in [0.05, 0.1) is 4.90 Å². The van der Waals surface area contributed by atoms with E-state index < -0.39 is 9.84 Å². The van der Waals surface area contributed by atoms with Crippen LogP contribution in [0.1, 0.15) is 0 Å². The Hall–Kier alpha value is -0.940. The van der Waals surface area contributed by atoms with E-state index in [1.54, 1.807) is 0 Å². The highest BCUT2D eigenvalue weighted by molar-refractivity contribution is 7.93. The lowest BCUT2D eigenvalue weighted by Gasteiger charge is -1.96. The molecule has 0 saturated carbocycles. The molecule has 0 atom stereocenters. The van der Waals surface area contributed by atoms with Gasteiger partial charge in [-0.2, -0.15) is 0 Å². The number of nitrogens with two attached hydrogens (primary N) is 1. The number of hydrogen-bond acceptors (Lipinski definition) is 4. The fraction of sp³-hybridized carbons (Fsp3) is 0. The van der Waals surface area contributed by atoms with E-state index in [1.165, 1.54) is 24.5 Å². The van der Waals surface area contributed by atoms with Gasteiger partial charge in [0, 0.05) is 12.4 Å². The maximum atomic E-state index is 11.0. The Morgan fingerprint density at radius 2 is 2.27 bits per heavy atom. The van der Waals surface area contributed by atoms with Crippen LogP contribution in [0.25, 0.3) is 0 Å². The van der Waals surface area contributed by atoms with Crippen molar-refractivity contribution >= 4 is 9.84 Å². The molecule has 1 aromatic rings. The molecule has 0 fully saturated rings. The fourth-order valence-corrected chi connectivity index (χ4v) is 1.23. The zero-order chi connectivity index (χ0) is 8.32. The summed E-state index contributed by atoms with van der Waals surface area (Å²) in [6.07, 6.45) is 2.74. The van der Waals surface area contributed by atoms with Crippen LogP contribution in [-0.4, -0.2) is 13.4 Å². The Kier molecular flexibility index (Phi) is 2.21. The van der Waals surface area contributed by atoms with Crippen LogP contribution in [0.2, 0.25) is 0 Å². The van der Waals surface area contributed by atoms with Gasteiger partial charge >= 0.3 is 0 Å². The first-order valence-electron chi connectivity index (χ1n) is 2.87. The minimum Gasteiger partial charge on any atom is -0.313 e. The van der Waals surface area contributed by atoms with Crippen molar-refractivity contribution in [3.05, 3.63) is 30.4 Å². The van der Waals surface area contributed by atoms with Gasteiger partial charge in [-0.3, -0.25) is 4.98 Å². The van der Waals surface area contributed by atoms with Gasteiger partial charge in [-0.25, -0.2) is 8.42 Å². The van der Waals surface area contributed by atoms with E-state index >= 15 is 0 Å². The van der Waals surface area contributed by atoms with E-state index in [1.807, 2.05) is 0 Å². The summed E-state index contributed by atoms with van der Waals surface area (Å²) in [6, 6.07) is 2.97. The van der Waals surface area contributed by atoms with E-state index in [0.29, 0.717) is 5.88 Å². The van der Waals surface area contributed by atoms with E-state index in [-0.39, 0.29) is 4.90 Å². The first kappa shape index (κ1) is 8.16. The first-order valence-corrected chi connectivity index (χ1v) is 4.41. The lowest BCUT2D eigenvalue weighted by atomic mass is 10.5. The van der Waals surface area contributed by atoms with Crippen molar-refractivity contribution in [3.63, 3.8) is 0 Å². The highest BCUT2D eigenvalue weighted by atomic mass is 32.2. The molecule has 1 radical (unpaired) electrons. The second-order valence-electron chi connectivity index (χ2n) is 1.87. The van der Waals surface area contributed by atoms with Crippen LogP contribution in [0.4, 0.5) is 0 Å². The molecule has 0 aliphatic rings. The summed E-state index contributed by atoms with van der Waals surface area (Å²) >= 11 is 0. The molecule has 0 bridgehead atoms. The highest BCUT2D eigenvalue weighted by Gasteiger charge is 2.10. The molecule has 1 heterocycles. The van der Waals surface area contributed by atoms with Crippen LogP contribution in [0.3, 0.4) is 0 Å².